The topological polar surface area (TPSA) is 71.2 Å². The Kier molecular flexibility index (Phi) is 4.16. The van der Waals surface area contributed by atoms with E-state index in [1.54, 1.807) is 6.07 Å². The highest BCUT2D eigenvalue weighted by Gasteiger charge is 2.26. The van der Waals surface area contributed by atoms with Crippen molar-refractivity contribution in [3.8, 4) is 11.4 Å². The van der Waals surface area contributed by atoms with Crippen molar-refractivity contribution in [2.24, 2.45) is 7.05 Å². The first-order valence-electron chi connectivity index (χ1n) is 7.85. The lowest BCUT2D eigenvalue weighted by molar-refractivity contribution is 0.141. The fourth-order valence-electron chi connectivity index (χ4n) is 2.63. The van der Waals surface area contributed by atoms with Crippen molar-refractivity contribution >= 4 is 0 Å². The molecule has 130 valence electrons. The molecule has 1 aliphatic heterocycles. The van der Waals surface area contributed by atoms with Crippen molar-refractivity contribution in [1.29, 1.82) is 0 Å². The normalized spacial score (nSPS) is 18.1. The van der Waals surface area contributed by atoms with Crippen LogP contribution in [0.5, 0.6) is 5.75 Å². The minimum absolute atomic E-state index is 0.170. The minimum atomic E-state index is -0.431. The predicted octanol–water partition coefficient (Wildman–Crippen LogP) is 1.57. The summed E-state index contributed by atoms with van der Waals surface area (Å²) in [5.41, 5.74) is 0.00464. The Hall–Kier alpha value is -2.22. The molecule has 0 amide bonds. The number of rotatable bonds is 3. The summed E-state index contributed by atoms with van der Waals surface area (Å²) in [7, 11) is 1.51. The molecule has 1 aromatic carbocycles. The Morgan fingerprint density at radius 3 is 2.62 bits per heavy atom. The second-order valence-corrected chi connectivity index (χ2v) is 6.95. The van der Waals surface area contributed by atoms with Gasteiger partial charge in [-0.15, -0.1) is 0 Å². The Morgan fingerprint density at radius 2 is 2.08 bits per heavy atom. The first-order valence-corrected chi connectivity index (χ1v) is 7.85. The molecule has 0 saturated carbocycles. The van der Waals surface area contributed by atoms with Crippen LogP contribution >= 0.6 is 0 Å². The fourth-order valence-corrected chi connectivity index (χ4v) is 2.63. The summed E-state index contributed by atoms with van der Waals surface area (Å²) in [5.74, 6) is -0.115. The van der Waals surface area contributed by atoms with Gasteiger partial charge >= 0.3 is 5.69 Å². The third kappa shape index (κ3) is 3.06. The quantitative estimate of drug-likeness (QED) is 0.851. The van der Waals surface area contributed by atoms with E-state index in [1.165, 1.54) is 13.1 Å². The van der Waals surface area contributed by atoms with E-state index < -0.39 is 11.1 Å². The second kappa shape index (κ2) is 6.01. The summed E-state index contributed by atoms with van der Waals surface area (Å²) in [6.07, 6.45) is 0.549. The van der Waals surface area contributed by atoms with E-state index in [0.29, 0.717) is 24.5 Å². The molecule has 24 heavy (non-hydrogen) atoms. The Morgan fingerprint density at radius 1 is 1.33 bits per heavy atom. The SMILES string of the molecule is Cn1nnn(-c2cc(C(C)(C)C)c(F)cc2O[C@H]2CCOC2)c1=O. The van der Waals surface area contributed by atoms with Gasteiger partial charge in [-0.25, -0.2) is 9.18 Å². The number of hydrogen-bond acceptors (Lipinski definition) is 5. The van der Waals surface area contributed by atoms with Crippen molar-refractivity contribution < 1.29 is 13.9 Å². The Bertz CT molecular complexity index is 801. The van der Waals surface area contributed by atoms with Crippen molar-refractivity contribution in [3.63, 3.8) is 0 Å². The van der Waals surface area contributed by atoms with Gasteiger partial charge in [0, 0.05) is 19.5 Å². The lowest BCUT2D eigenvalue weighted by Crippen LogP contribution is -2.25. The van der Waals surface area contributed by atoms with Crippen molar-refractivity contribution in [2.45, 2.75) is 38.7 Å². The molecule has 0 unspecified atom stereocenters. The number of aryl methyl sites for hydroxylation is 1. The van der Waals surface area contributed by atoms with E-state index in [-0.39, 0.29) is 17.7 Å². The summed E-state index contributed by atoms with van der Waals surface area (Å²) >= 11 is 0. The van der Waals surface area contributed by atoms with E-state index >= 15 is 0 Å². The lowest BCUT2D eigenvalue weighted by atomic mass is 9.86. The Balaban J connectivity index is 2.14. The molecular weight excluding hydrogens is 315 g/mol. The smallest absolute Gasteiger partial charge is 0.368 e. The molecule has 1 fully saturated rings. The number of aromatic nitrogens is 4. The molecule has 1 saturated heterocycles. The van der Waals surface area contributed by atoms with Crippen molar-refractivity contribution in [3.05, 3.63) is 34.0 Å². The zero-order valence-electron chi connectivity index (χ0n) is 14.2. The zero-order valence-corrected chi connectivity index (χ0v) is 14.2. The van der Waals surface area contributed by atoms with E-state index in [9.17, 15) is 9.18 Å². The van der Waals surface area contributed by atoms with Crippen LogP contribution in [0.1, 0.15) is 32.8 Å². The van der Waals surface area contributed by atoms with Crippen LogP contribution in [0, 0.1) is 5.82 Å². The third-order valence-corrected chi connectivity index (χ3v) is 3.99. The fraction of sp³-hybridized carbons (Fsp3) is 0.562. The van der Waals surface area contributed by atoms with Crippen molar-refractivity contribution in [2.75, 3.05) is 13.2 Å². The highest BCUT2D eigenvalue weighted by molar-refractivity contribution is 5.50. The first kappa shape index (κ1) is 16.6. The maximum atomic E-state index is 14.6. The molecular formula is C16H21FN4O3. The van der Waals surface area contributed by atoms with Gasteiger partial charge in [0.1, 0.15) is 23.4 Å². The van der Waals surface area contributed by atoms with Gasteiger partial charge in [0.05, 0.1) is 13.2 Å². The number of tetrazole rings is 1. The molecule has 0 aliphatic carbocycles. The van der Waals surface area contributed by atoms with Gasteiger partial charge in [-0.1, -0.05) is 20.8 Å². The number of ether oxygens (including phenoxy) is 2. The van der Waals surface area contributed by atoms with E-state index in [4.69, 9.17) is 9.47 Å². The average Bonchev–Trinajstić information content (AvgIpc) is 3.10. The van der Waals surface area contributed by atoms with E-state index in [2.05, 4.69) is 10.4 Å². The molecule has 3 rings (SSSR count). The maximum absolute atomic E-state index is 14.6. The molecule has 0 N–H and O–H groups in total. The van der Waals surface area contributed by atoms with Gasteiger partial charge in [0.15, 0.2) is 0 Å². The lowest BCUT2D eigenvalue weighted by Gasteiger charge is -2.23. The number of hydrogen-bond donors (Lipinski definition) is 0. The van der Waals surface area contributed by atoms with Crippen LogP contribution in [0.15, 0.2) is 16.9 Å². The van der Waals surface area contributed by atoms with Crippen LogP contribution in [0.25, 0.3) is 5.69 Å². The molecule has 0 bridgehead atoms. The van der Waals surface area contributed by atoms with E-state index in [1.807, 2.05) is 20.8 Å². The molecule has 2 heterocycles. The molecule has 2 aromatic rings. The molecule has 0 spiro atoms. The van der Waals surface area contributed by atoms with Crippen LogP contribution in [-0.2, 0) is 17.2 Å². The van der Waals surface area contributed by atoms with Crippen LogP contribution in [0.3, 0.4) is 0 Å². The van der Waals surface area contributed by atoms with Gasteiger partial charge in [-0.3, -0.25) is 0 Å². The standard InChI is InChI=1S/C16H21FN4O3/c1-16(2,3)11-7-13(21-15(22)20(4)18-19-21)14(8-12(11)17)24-10-5-6-23-9-10/h7-8,10H,5-6,9H2,1-4H3/t10-/m0/s1. The van der Waals surface area contributed by atoms with Gasteiger partial charge in [0.25, 0.3) is 0 Å². The van der Waals surface area contributed by atoms with Gasteiger partial charge in [0.2, 0.25) is 0 Å². The highest BCUT2D eigenvalue weighted by Crippen LogP contribution is 2.33. The number of halogens is 1. The monoisotopic (exact) mass is 336 g/mol. The summed E-state index contributed by atoms with van der Waals surface area (Å²) < 4.78 is 28.0. The van der Waals surface area contributed by atoms with Crippen molar-refractivity contribution in [1.82, 2.24) is 19.8 Å². The Labute approximate surface area is 139 Å². The first-order chi connectivity index (χ1) is 11.3. The predicted molar refractivity (Wildman–Crippen MR) is 85.1 cm³/mol. The average molecular weight is 336 g/mol. The summed E-state index contributed by atoms with van der Waals surface area (Å²) in [4.78, 5) is 12.2. The maximum Gasteiger partial charge on any atom is 0.368 e. The third-order valence-electron chi connectivity index (χ3n) is 3.99. The molecule has 7 nitrogen and oxygen atoms in total. The van der Waals surface area contributed by atoms with Crippen LogP contribution in [0.4, 0.5) is 4.39 Å². The number of nitrogens with zero attached hydrogens (tertiary/aromatic N) is 4. The molecule has 8 heteroatoms. The summed E-state index contributed by atoms with van der Waals surface area (Å²) in [6, 6.07) is 2.92. The molecule has 1 aromatic heterocycles. The highest BCUT2D eigenvalue weighted by atomic mass is 19.1. The van der Waals surface area contributed by atoms with Gasteiger partial charge in [-0.2, -0.15) is 9.36 Å². The minimum Gasteiger partial charge on any atom is -0.486 e. The zero-order chi connectivity index (χ0) is 17.5. The summed E-state index contributed by atoms with van der Waals surface area (Å²) in [6.45, 7) is 6.75. The van der Waals surface area contributed by atoms with Gasteiger partial charge < -0.3 is 9.47 Å². The largest absolute Gasteiger partial charge is 0.486 e. The van der Waals surface area contributed by atoms with Crippen LogP contribution in [0.2, 0.25) is 0 Å². The molecule has 0 radical (unpaired) electrons. The van der Waals surface area contributed by atoms with Crippen LogP contribution in [-0.4, -0.2) is 39.1 Å². The second-order valence-electron chi connectivity index (χ2n) is 6.95. The van der Waals surface area contributed by atoms with Crippen LogP contribution < -0.4 is 10.4 Å². The molecule has 1 atom stereocenters. The number of benzene rings is 1. The van der Waals surface area contributed by atoms with E-state index in [0.717, 1.165) is 15.8 Å². The van der Waals surface area contributed by atoms with Gasteiger partial charge in [-0.05, 0) is 27.5 Å². The molecule has 1 aliphatic rings. The summed E-state index contributed by atoms with van der Waals surface area (Å²) in [5, 5.41) is 7.58.